The lowest BCUT2D eigenvalue weighted by atomic mass is 9.86. The molecule has 0 bridgehead atoms. The average molecular weight is 298 g/mol. The van der Waals surface area contributed by atoms with Gasteiger partial charge in [-0.3, -0.25) is 9.59 Å². The number of amides is 2. The molecule has 1 aliphatic carbocycles. The number of nitrogens with zero attached hydrogens (tertiary/aromatic N) is 1. The van der Waals surface area contributed by atoms with Crippen LogP contribution < -0.4 is 5.32 Å². The highest BCUT2D eigenvalue weighted by Gasteiger charge is 2.42. The first-order valence-corrected chi connectivity index (χ1v) is 8.84. The second-order valence-corrected chi connectivity index (χ2v) is 7.65. The van der Waals surface area contributed by atoms with Crippen molar-refractivity contribution < 1.29 is 9.59 Å². The average Bonchev–Trinajstić information content (AvgIpc) is 2.43. The van der Waals surface area contributed by atoms with Crippen molar-refractivity contribution in [1.82, 2.24) is 10.2 Å². The molecule has 0 radical (unpaired) electrons. The third kappa shape index (κ3) is 3.13. The fourth-order valence-electron chi connectivity index (χ4n) is 3.45. The molecule has 0 spiro atoms. The summed E-state index contributed by atoms with van der Waals surface area (Å²) in [5.74, 6) is 0.232. The van der Waals surface area contributed by atoms with Gasteiger partial charge in [0.25, 0.3) is 0 Å². The summed E-state index contributed by atoms with van der Waals surface area (Å²) in [7, 11) is 0. The Kier molecular flexibility index (Phi) is 4.99. The van der Waals surface area contributed by atoms with E-state index in [0.717, 1.165) is 19.4 Å². The number of carbonyl (C=O) groups excluding carboxylic acids is 2. The topological polar surface area (TPSA) is 49.4 Å². The lowest BCUT2D eigenvalue weighted by Crippen LogP contribution is -2.63. The molecular formula is C15H26N2O2S. The Morgan fingerprint density at radius 1 is 1.30 bits per heavy atom. The van der Waals surface area contributed by atoms with E-state index in [1.807, 2.05) is 30.5 Å². The Labute approximate surface area is 126 Å². The summed E-state index contributed by atoms with van der Waals surface area (Å²) in [5.41, 5.74) is 0. The molecule has 1 unspecified atom stereocenters. The molecule has 1 atom stereocenters. The Balaban J connectivity index is 2.18. The second kappa shape index (κ2) is 6.37. The van der Waals surface area contributed by atoms with E-state index >= 15 is 0 Å². The van der Waals surface area contributed by atoms with Crippen LogP contribution in [0.15, 0.2) is 0 Å². The quantitative estimate of drug-likeness (QED) is 0.864. The van der Waals surface area contributed by atoms with Gasteiger partial charge in [-0.1, -0.05) is 33.1 Å². The standard InChI is InChI=1S/C15H26N2O2S/c1-11(2)13-14(19)16-9-12(18)17(13)10-15(20-3)7-5-4-6-8-15/h11,13H,4-10H2,1-3H3,(H,16,19). The summed E-state index contributed by atoms with van der Waals surface area (Å²) < 4.78 is 0.151. The van der Waals surface area contributed by atoms with Crippen LogP contribution >= 0.6 is 11.8 Å². The van der Waals surface area contributed by atoms with E-state index < -0.39 is 0 Å². The molecule has 0 aromatic heterocycles. The molecule has 1 saturated carbocycles. The maximum atomic E-state index is 12.3. The van der Waals surface area contributed by atoms with E-state index in [4.69, 9.17) is 0 Å². The Morgan fingerprint density at radius 2 is 1.95 bits per heavy atom. The molecule has 1 N–H and O–H groups in total. The number of carbonyl (C=O) groups is 2. The van der Waals surface area contributed by atoms with Crippen LogP contribution in [-0.4, -0.2) is 46.8 Å². The van der Waals surface area contributed by atoms with Gasteiger partial charge in [0.05, 0.1) is 6.54 Å². The predicted molar refractivity (Wildman–Crippen MR) is 82.7 cm³/mol. The van der Waals surface area contributed by atoms with Crippen molar-refractivity contribution >= 4 is 23.6 Å². The molecule has 2 amide bonds. The van der Waals surface area contributed by atoms with Crippen LogP contribution in [-0.2, 0) is 9.59 Å². The van der Waals surface area contributed by atoms with Gasteiger partial charge < -0.3 is 10.2 Å². The highest BCUT2D eigenvalue weighted by atomic mass is 32.2. The molecule has 114 valence electrons. The zero-order valence-electron chi connectivity index (χ0n) is 12.8. The summed E-state index contributed by atoms with van der Waals surface area (Å²) in [6.45, 7) is 4.92. The van der Waals surface area contributed by atoms with Crippen LogP contribution in [0.1, 0.15) is 46.0 Å². The van der Waals surface area contributed by atoms with Gasteiger partial charge in [-0.05, 0) is 25.0 Å². The summed E-state index contributed by atoms with van der Waals surface area (Å²) in [4.78, 5) is 26.3. The Hall–Kier alpha value is -0.710. The molecule has 5 heteroatoms. The van der Waals surface area contributed by atoms with Crippen molar-refractivity contribution in [1.29, 1.82) is 0 Å². The molecule has 4 nitrogen and oxygen atoms in total. The molecule has 1 heterocycles. The van der Waals surface area contributed by atoms with Gasteiger partial charge in [-0.15, -0.1) is 0 Å². The third-order valence-electron chi connectivity index (χ3n) is 4.63. The number of piperazine rings is 1. The first-order chi connectivity index (χ1) is 9.49. The summed E-state index contributed by atoms with van der Waals surface area (Å²) in [6.07, 6.45) is 8.23. The largest absolute Gasteiger partial charge is 0.345 e. The molecule has 2 rings (SSSR count). The first kappa shape index (κ1) is 15.7. The van der Waals surface area contributed by atoms with Crippen LogP contribution in [0.2, 0.25) is 0 Å². The monoisotopic (exact) mass is 298 g/mol. The zero-order chi connectivity index (χ0) is 14.8. The van der Waals surface area contributed by atoms with E-state index in [9.17, 15) is 9.59 Å². The van der Waals surface area contributed by atoms with Gasteiger partial charge in [0, 0.05) is 11.3 Å². The highest BCUT2D eigenvalue weighted by Crippen LogP contribution is 2.40. The van der Waals surface area contributed by atoms with Crippen molar-refractivity contribution in [2.75, 3.05) is 19.3 Å². The smallest absolute Gasteiger partial charge is 0.243 e. The van der Waals surface area contributed by atoms with E-state index in [0.29, 0.717) is 0 Å². The van der Waals surface area contributed by atoms with Gasteiger partial charge >= 0.3 is 0 Å². The molecule has 0 aromatic carbocycles. The fourth-order valence-corrected chi connectivity index (χ4v) is 4.41. The number of hydrogen-bond donors (Lipinski definition) is 1. The number of rotatable bonds is 4. The van der Waals surface area contributed by atoms with Gasteiger partial charge in [0.15, 0.2) is 0 Å². The van der Waals surface area contributed by atoms with Crippen molar-refractivity contribution in [2.24, 2.45) is 5.92 Å². The minimum atomic E-state index is -0.304. The number of hydrogen-bond acceptors (Lipinski definition) is 3. The molecule has 2 fully saturated rings. The lowest BCUT2D eigenvalue weighted by Gasteiger charge is -2.45. The normalized spacial score (nSPS) is 26.8. The van der Waals surface area contributed by atoms with Gasteiger partial charge in [-0.2, -0.15) is 11.8 Å². The minimum Gasteiger partial charge on any atom is -0.345 e. The second-order valence-electron chi connectivity index (χ2n) is 6.38. The van der Waals surface area contributed by atoms with Gasteiger partial charge in [-0.25, -0.2) is 0 Å². The van der Waals surface area contributed by atoms with Gasteiger partial charge in [0.2, 0.25) is 11.8 Å². The fraction of sp³-hybridized carbons (Fsp3) is 0.867. The van der Waals surface area contributed by atoms with Crippen LogP contribution in [0, 0.1) is 5.92 Å². The van der Waals surface area contributed by atoms with Crippen molar-refractivity contribution in [3.63, 3.8) is 0 Å². The van der Waals surface area contributed by atoms with E-state index in [-0.39, 0.29) is 35.1 Å². The van der Waals surface area contributed by atoms with Crippen LogP contribution in [0.5, 0.6) is 0 Å². The van der Waals surface area contributed by atoms with Crippen molar-refractivity contribution in [3.05, 3.63) is 0 Å². The molecular weight excluding hydrogens is 272 g/mol. The first-order valence-electron chi connectivity index (χ1n) is 7.61. The number of nitrogens with one attached hydrogen (secondary N) is 1. The Bertz CT molecular complexity index is 378. The molecule has 1 aliphatic heterocycles. The van der Waals surface area contributed by atoms with E-state index in [1.165, 1.54) is 19.3 Å². The van der Waals surface area contributed by atoms with Crippen LogP contribution in [0.25, 0.3) is 0 Å². The minimum absolute atomic E-state index is 0.00617. The predicted octanol–water partition coefficient (Wildman–Crippen LogP) is 2.04. The summed E-state index contributed by atoms with van der Waals surface area (Å²) >= 11 is 1.88. The molecule has 2 aliphatic rings. The van der Waals surface area contributed by atoms with Gasteiger partial charge in [0.1, 0.15) is 6.04 Å². The highest BCUT2D eigenvalue weighted by molar-refractivity contribution is 8.00. The van der Waals surface area contributed by atoms with Crippen molar-refractivity contribution in [2.45, 2.75) is 56.7 Å². The van der Waals surface area contributed by atoms with E-state index in [2.05, 4.69) is 11.6 Å². The number of thioether (sulfide) groups is 1. The van der Waals surface area contributed by atoms with E-state index in [1.54, 1.807) is 0 Å². The lowest BCUT2D eigenvalue weighted by molar-refractivity contribution is -0.148. The summed E-state index contributed by atoms with van der Waals surface area (Å²) in [6, 6.07) is -0.304. The van der Waals surface area contributed by atoms with Crippen LogP contribution in [0.3, 0.4) is 0 Å². The molecule has 20 heavy (non-hydrogen) atoms. The zero-order valence-corrected chi connectivity index (χ0v) is 13.6. The molecule has 0 aromatic rings. The maximum Gasteiger partial charge on any atom is 0.243 e. The Morgan fingerprint density at radius 3 is 2.50 bits per heavy atom. The van der Waals surface area contributed by atoms with Crippen molar-refractivity contribution in [3.8, 4) is 0 Å². The van der Waals surface area contributed by atoms with Crippen LogP contribution in [0.4, 0.5) is 0 Å². The summed E-state index contributed by atoms with van der Waals surface area (Å²) in [5, 5.41) is 2.72. The molecule has 1 saturated heterocycles. The SMILES string of the molecule is CSC1(CN2C(=O)CNC(=O)C2C(C)C)CCCCC1. The third-order valence-corrected chi connectivity index (χ3v) is 6.03. The maximum absolute atomic E-state index is 12.3.